The van der Waals surface area contributed by atoms with Crippen LogP contribution in [0.25, 0.3) is 0 Å². The van der Waals surface area contributed by atoms with Gasteiger partial charge in [-0.3, -0.25) is 4.18 Å². The summed E-state index contributed by atoms with van der Waals surface area (Å²) in [5.41, 5.74) is 0.0360. The average Bonchev–Trinajstić information content (AvgIpc) is 2.88. The zero-order valence-corrected chi connectivity index (χ0v) is 13.4. The molecule has 2 bridgehead atoms. The molecule has 6 heteroatoms. The normalized spacial score (nSPS) is 39.3. The van der Waals surface area contributed by atoms with Crippen molar-refractivity contribution in [2.45, 2.75) is 43.6 Å². The van der Waals surface area contributed by atoms with Gasteiger partial charge in [0.15, 0.2) is 0 Å². The minimum atomic E-state index is -3.77. The van der Waals surface area contributed by atoms with Crippen molar-refractivity contribution in [1.29, 1.82) is 0 Å². The second-order valence-corrected chi connectivity index (χ2v) is 9.31. The van der Waals surface area contributed by atoms with Crippen LogP contribution in [0, 0.1) is 23.2 Å². The summed E-state index contributed by atoms with van der Waals surface area (Å²) in [5, 5.41) is 12.1. The van der Waals surface area contributed by atoms with Crippen LogP contribution in [0.1, 0.15) is 27.2 Å². The monoisotopic (exact) mass is 316 g/mol. The summed E-state index contributed by atoms with van der Waals surface area (Å²) in [7, 11) is -3.77. The van der Waals surface area contributed by atoms with E-state index in [1.54, 1.807) is 11.4 Å². The molecule has 0 radical (unpaired) electrons. The molecule has 112 valence electrons. The van der Waals surface area contributed by atoms with Gasteiger partial charge in [-0.25, -0.2) is 0 Å². The van der Waals surface area contributed by atoms with Gasteiger partial charge in [0.05, 0.1) is 6.10 Å². The summed E-state index contributed by atoms with van der Waals surface area (Å²) in [6, 6.07) is 3.22. The fourth-order valence-corrected chi connectivity index (χ4v) is 6.03. The van der Waals surface area contributed by atoms with Crippen molar-refractivity contribution in [2.75, 3.05) is 0 Å². The predicted molar refractivity (Wildman–Crippen MR) is 76.9 cm³/mol. The molecular formula is C14H20O4S2. The Kier molecular flexibility index (Phi) is 3.29. The second kappa shape index (κ2) is 4.53. The molecule has 5 unspecified atom stereocenters. The van der Waals surface area contributed by atoms with Gasteiger partial charge >= 0.3 is 10.1 Å². The highest BCUT2D eigenvalue weighted by molar-refractivity contribution is 7.89. The van der Waals surface area contributed by atoms with E-state index < -0.39 is 22.3 Å². The van der Waals surface area contributed by atoms with Crippen LogP contribution in [-0.4, -0.2) is 25.7 Å². The maximum Gasteiger partial charge on any atom is 0.306 e. The molecule has 5 atom stereocenters. The summed E-state index contributed by atoms with van der Waals surface area (Å²) in [6.45, 7) is 6.27. The number of fused-ring (bicyclic) bond motifs is 2. The van der Waals surface area contributed by atoms with Gasteiger partial charge in [-0.05, 0) is 41.0 Å². The first-order valence-electron chi connectivity index (χ1n) is 6.90. The fraction of sp³-hybridized carbons (Fsp3) is 0.714. The highest BCUT2D eigenvalue weighted by Crippen LogP contribution is 2.62. The molecule has 1 heterocycles. The van der Waals surface area contributed by atoms with Gasteiger partial charge in [0.2, 0.25) is 0 Å². The second-order valence-electron chi connectivity index (χ2n) is 6.57. The quantitative estimate of drug-likeness (QED) is 0.870. The van der Waals surface area contributed by atoms with Crippen molar-refractivity contribution in [3.05, 3.63) is 17.5 Å². The highest BCUT2D eigenvalue weighted by atomic mass is 32.3. The van der Waals surface area contributed by atoms with Gasteiger partial charge in [0.1, 0.15) is 10.3 Å². The third kappa shape index (κ3) is 1.96. The van der Waals surface area contributed by atoms with E-state index in [2.05, 4.69) is 13.8 Å². The summed E-state index contributed by atoms with van der Waals surface area (Å²) in [5.74, 6) is 0.624. The Morgan fingerprint density at radius 1 is 1.40 bits per heavy atom. The topological polar surface area (TPSA) is 63.6 Å². The Morgan fingerprint density at radius 2 is 2.10 bits per heavy atom. The van der Waals surface area contributed by atoms with Crippen LogP contribution in [0.5, 0.6) is 0 Å². The third-order valence-corrected chi connectivity index (χ3v) is 7.97. The van der Waals surface area contributed by atoms with Gasteiger partial charge in [-0.1, -0.05) is 26.8 Å². The molecule has 0 aliphatic heterocycles. The molecule has 4 rings (SSSR count). The van der Waals surface area contributed by atoms with Crippen LogP contribution < -0.4 is 0 Å². The smallest absolute Gasteiger partial charge is 0.306 e. The lowest BCUT2D eigenvalue weighted by Crippen LogP contribution is -2.65. The zero-order valence-electron chi connectivity index (χ0n) is 11.8. The maximum absolute atomic E-state index is 12.3. The van der Waals surface area contributed by atoms with Crippen LogP contribution in [0.4, 0.5) is 0 Å². The first kappa shape index (κ1) is 14.5. The average molecular weight is 316 g/mol. The van der Waals surface area contributed by atoms with Crippen LogP contribution in [0.15, 0.2) is 21.7 Å². The number of hydrogen-bond donors (Lipinski definition) is 1. The van der Waals surface area contributed by atoms with Crippen LogP contribution in [0.3, 0.4) is 0 Å². The maximum atomic E-state index is 12.3. The molecule has 1 aromatic heterocycles. The Hall–Kier alpha value is -0.430. The van der Waals surface area contributed by atoms with E-state index in [4.69, 9.17) is 4.18 Å². The fourth-order valence-electron chi connectivity index (χ4n) is 3.94. The molecule has 0 amide bonds. The Balaban J connectivity index is 1.87. The molecule has 3 saturated carbocycles. The lowest BCUT2D eigenvalue weighted by Gasteiger charge is -2.63. The van der Waals surface area contributed by atoms with E-state index in [1.165, 1.54) is 6.07 Å². The molecule has 1 N–H and O–H groups in total. The number of aliphatic hydroxyl groups is 1. The molecule has 4 nitrogen and oxygen atoms in total. The first-order chi connectivity index (χ1) is 9.25. The predicted octanol–water partition coefficient (Wildman–Crippen LogP) is 2.49. The largest absolute Gasteiger partial charge is 0.390 e. The molecule has 3 aliphatic carbocycles. The summed E-state index contributed by atoms with van der Waals surface area (Å²) >= 11 is 1.14. The minimum Gasteiger partial charge on any atom is -0.390 e. The number of thiophene rings is 1. The molecule has 3 fully saturated rings. The van der Waals surface area contributed by atoms with Gasteiger partial charge in [0.25, 0.3) is 0 Å². The third-order valence-electron chi connectivity index (χ3n) is 5.30. The zero-order chi connectivity index (χ0) is 14.7. The van der Waals surface area contributed by atoms with E-state index in [9.17, 15) is 13.5 Å². The van der Waals surface area contributed by atoms with E-state index in [-0.39, 0.29) is 21.5 Å². The summed E-state index contributed by atoms with van der Waals surface area (Å²) < 4.78 is 30.2. The standard InChI is InChI=1S/C14H20O4S2/c1-8-9-7-10(14(9,2)3)13(12(8)15)18-20(16,17)11-5-4-6-19-11/h4-6,8-10,12-13,15H,7H2,1-3H3. The lowest BCUT2D eigenvalue weighted by molar-refractivity contribution is -0.213. The van der Waals surface area contributed by atoms with Gasteiger partial charge in [-0.2, -0.15) is 8.42 Å². The van der Waals surface area contributed by atoms with Crippen molar-refractivity contribution in [1.82, 2.24) is 0 Å². The Labute approximate surface area is 123 Å². The molecule has 0 aromatic carbocycles. The molecule has 20 heavy (non-hydrogen) atoms. The number of aliphatic hydroxyl groups excluding tert-OH is 1. The molecule has 0 saturated heterocycles. The molecule has 3 aliphatic rings. The summed E-state index contributed by atoms with van der Waals surface area (Å²) in [4.78, 5) is 0. The van der Waals surface area contributed by atoms with Crippen LogP contribution in [-0.2, 0) is 14.3 Å². The van der Waals surface area contributed by atoms with Crippen molar-refractivity contribution in [3.63, 3.8) is 0 Å². The Morgan fingerprint density at radius 3 is 2.65 bits per heavy atom. The van der Waals surface area contributed by atoms with Gasteiger partial charge < -0.3 is 5.11 Å². The van der Waals surface area contributed by atoms with E-state index in [0.29, 0.717) is 5.92 Å². The van der Waals surface area contributed by atoms with Gasteiger partial charge in [0, 0.05) is 0 Å². The molecular weight excluding hydrogens is 296 g/mol. The van der Waals surface area contributed by atoms with Crippen LogP contribution in [0.2, 0.25) is 0 Å². The minimum absolute atomic E-state index is 0.0360. The SMILES string of the molecule is CC1C(O)C(OS(=O)(=O)c2cccs2)C2CC1C2(C)C. The van der Waals surface area contributed by atoms with E-state index >= 15 is 0 Å². The summed E-state index contributed by atoms with van der Waals surface area (Å²) in [6.07, 6.45) is -0.394. The molecule has 0 spiro atoms. The first-order valence-corrected chi connectivity index (χ1v) is 9.19. The number of hydrogen-bond acceptors (Lipinski definition) is 5. The van der Waals surface area contributed by atoms with Crippen molar-refractivity contribution >= 4 is 21.5 Å². The number of rotatable bonds is 3. The van der Waals surface area contributed by atoms with Crippen molar-refractivity contribution in [3.8, 4) is 0 Å². The van der Waals surface area contributed by atoms with Crippen LogP contribution >= 0.6 is 11.3 Å². The molecule has 1 aromatic rings. The van der Waals surface area contributed by atoms with E-state index in [0.717, 1.165) is 17.8 Å². The van der Waals surface area contributed by atoms with Gasteiger partial charge in [-0.15, -0.1) is 11.3 Å². The Bertz CT molecular complexity index is 591. The van der Waals surface area contributed by atoms with E-state index in [1.807, 2.05) is 6.92 Å². The highest BCUT2D eigenvalue weighted by Gasteiger charge is 2.62. The lowest BCUT2D eigenvalue weighted by atomic mass is 9.44. The van der Waals surface area contributed by atoms with Crippen molar-refractivity contribution in [2.24, 2.45) is 23.2 Å². The van der Waals surface area contributed by atoms with Crippen molar-refractivity contribution < 1.29 is 17.7 Å².